The van der Waals surface area contributed by atoms with E-state index in [0.717, 1.165) is 16.9 Å². The van der Waals surface area contributed by atoms with Crippen molar-refractivity contribution in [2.75, 3.05) is 6.54 Å². The van der Waals surface area contributed by atoms with E-state index in [2.05, 4.69) is 12.0 Å². The van der Waals surface area contributed by atoms with Crippen molar-refractivity contribution in [1.29, 1.82) is 0 Å². The molecule has 1 heterocycles. The third kappa shape index (κ3) is 2.09. The molecule has 0 aliphatic carbocycles. The molecule has 1 aromatic rings. The first-order chi connectivity index (χ1) is 8.17. The monoisotopic (exact) mass is 231 g/mol. The van der Waals surface area contributed by atoms with Gasteiger partial charge in [-0.3, -0.25) is 4.79 Å². The van der Waals surface area contributed by atoms with Crippen LogP contribution in [0.1, 0.15) is 18.1 Å². The summed E-state index contributed by atoms with van der Waals surface area (Å²) in [6, 6.07) is 5.72. The highest BCUT2D eigenvalue weighted by Crippen LogP contribution is 2.09. The maximum absolute atomic E-state index is 11.4. The number of nitrogens with two attached hydrogens (primary N) is 1. The molecule has 17 heavy (non-hydrogen) atoms. The van der Waals surface area contributed by atoms with Gasteiger partial charge in [0.2, 0.25) is 5.91 Å². The molecule has 1 aromatic carbocycles. The maximum Gasteiger partial charge on any atom is 0.474 e. The molecule has 1 amide bonds. The van der Waals surface area contributed by atoms with E-state index < -0.39 is 13.0 Å². The number of nitrogens with zero attached hydrogens (tertiary/aromatic N) is 2. The number of hydrogen-bond donors (Lipinski definition) is 2. The second-order valence-corrected chi connectivity index (χ2v) is 3.88. The first kappa shape index (κ1) is 11.8. The minimum Gasteiger partial charge on any atom is -0.427 e. The molecular weight excluding hydrogens is 217 g/mol. The molecule has 0 bridgehead atoms. The summed E-state index contributed by atoms with van der Waals surface area (Å²) >= 11 is 0. The largest absolute Gasteiger partial charge is 0.474 e. The van der Waals surface area contributed by atoms with Gasteiger partial charge in [-0.15, -0.1) is 0 Å². The van der Waals surface area contributed by atoms with E-state index in [9.17, 15) is 9.82 Å². The fourth-order valence-electron chi connectivity index (χ4n) is 1.80. The van der Waals surface area contributed by atoms with Crippen molar-refractivity contribution in [3.8, 4) is 0 Å². The molecule has 6 heteroatoms. The molecular formula is C11H14BN3O2. The lowest BCUT2D eigenvalue weighted by Crippen LogP contribution is -2.53. The molecule has 0 aromatic heterocycles. The molecule has 1 aliphatic rings. The van der Waals surface area contributed by atoms with Crippen LogP contribution >= 0.6 is 0 Å². The Bertz CT molecular complexity index is 476. The third-order valence-electron chi connectivity index (χ3n) is 2.82. The lowest BCUT2D eigenvalue weighted by Gasteiger charge is -2.24. The SMILES string of the molecule is CCc1ccc2c(c1)C=NN(C(=O)CN)B2O. The standard InChI is InChI=1S/C11H14BN3O2/c1-2-8-3-4-10-9(5-8)7-14-15(12(10)17)11(16)6-13/h3-5,7,17H,2,6,13H2,1H3. The Hall–Kier alpha value is -1.66. The van der Waals surface area contributed by atoms with Gasteiger partial charge in [0.05, 0.1) is 12.8 Å². The van der Waals surface area contributed by atoms with Crippen molar-refractivity contribution >= 4 is 24.6 Å². The molecule has 1 aliphatic heterocycles. The van der Waals surface area contributed by atoms with Gasteiger partial charge in [-0.1, -0.05) is 25.1 Å². The average molecular weight is 231 g/mol. The van der Waals surface area contributed by atoms with E-state index in [0.29, 0.717) is 5.46 Å². The van der Waals surface area contributed by atoms with Crippen LogP contribution in [0.5, 0.6) is 0 Å². The first-order valence-electron chi connectivity index (χ1n) is 5.54. The molecule has 5 nitrogen and oxygen atoms in total. The van der Waals surface area contributed by atoms with E-state index in [-0.39, 0.29) is 6.54 Å². The summed E-state index contributed by atoms with van der Waals surface area (Å²) in [6.45, 7) is 1.89. The minimum atomic E-state index is -1.04. The Kier molecular flexibility index (Phi) is 3.26. The zero-order valence-electron chi connectivity index (χ0n) is 9.63. The predicted octanol–water partition coefficient (Wildman–Crippen LogP) is -0.929. The average Bonchev–Trinajstić information content (AvgIpc) is 2.38. The van der Waals surface area contributed by atoms with Gasteiger partial charge in [-0.05, 0) is 23.0 Å². The number of rotatable bonds is 2. The van der Waals surface area contributed by atoms with Gasteiger partial charge in [-0.25, -0.2) is 4.92 Å². The van der Waals surface area contributed by atoms with Gasteiger partial charge in [0.1, 0.15) is 0 Å². The highest BCUT2D eigenvalue weighted by Gasteiger charge is 2.32. The van der Waals surface area contributed by atoms with Gasteiger partial charge in [0, 0.05) is 0 Å². The fraction of sp³-hybridized carbons (Fsp3) is 0.273. The number of hydrazone groups is 1. The topological polar surface area (TPSA) is 78.9 Å². The molecule has 0 saturated carbocycles. The summed E-state index contributed by atoms with van der Waals surface area (Å²) in [6.07, 6.45) is 2.50. The number of carbonyl (C=O) groups is 1. The molecule has 0 radical (unpaired) electrons. The van der Waals surface area contributed by atoms with Crippen molar-refractivity contribution in [3.05, 3.63) is 29.3 Å². The van der Waals surface area contributed by atoms with E-state index >= 15 is 0 Å². The van der Waals surface area contributed by atoms with Crippen LogP contribution in [0, 0.1) is 0 Å². The van der Waals surface area contributed by atoms with E-state index in [1.54, 1.807) is 6.21 Å². The number of fused-ring (bicyclic) bond motifs is 1. The third-order valence-corrected chi connectivity index (χ3v) is 2.82. The molecule has 0 spiro atoms. The Morgan fingerprint density at radius 2 is 2.35 bits per heavy atom. The van der Waals surface area contributed by atoms with Crippen LogP contribution in [-0.4, -0.2) is 35.7 Å². The summed E-state index contributed by atoms with van der Waals surface area (Å²) in [7, 11) is -1.04. The Balaban J connectivity index is 2.36. The zero-order chi connectivity index (χ0) is 12.4. The molecule has 0 unspecified atom stereocenters. The lowest BCUT2D eigenvalue weighted by molar-refractivity contribution is -0.125. The van der Waals surface area contributed by atoms with Crippen LogP contribution < -0.4 is 11.2 Å². The Morgan fingerprint density at radius 3 is 3.00 bits per heavy atom. The zero-order valence-corrected chi connectivity index (χ0v) is 9.63. The van der Waals surface area contributed by atoms with E-state index in [4.69, 9.17) is 5.73 Å². The summed E-state index contributed by atoms with van der Waals surface area (Å²) in [5.74, 6) is -0.404. The molecule has 3 N–H and O–H groups in total. The second kappa shape index (κ2) is 4.69. The number of aryl methyl sites for hydroxylation is 1. The van der Waals surface area contributed by atoms with E-state index in [1.165, 1.54) is 5.56 Å². The molecule has 2 rings (SSSR count). The minimum absolute atomic E-state index is 0.170. The van der Waals surface area contributed by atoms with Crippen molar-refractivity contribution in [1.82, 2.24) is 4.92 Å². The molecule has 0 atom stereocenters. The van der Waals surface area contributed by atoms with Gasteiger partial charge in [0.25, 0.3) is 0 Å². The second-order valence-electron chi connectivity index (χ2n) is 3.88. The van der Waals surface area contributed by atoms with E-state index in [1.807, 2.05) is 18.2 Å². The van der Waals surface area contributed by atoms with Gasteiger partial charge in [-0.2, -0.15) is 5.10 Å². The Labute approximate surface area is 100 Å². The maximum atomic E-state index is 11.4. The quantitative estimate of drug-likeness (QED) is 0.645. The van der Waals surface area contributed by atoms with Crippen molar-refractivity contribution in [2.24, 2.45) is 10.8 Å². The smallest absolute Gasteiger partial charge is 0.427 e. The van der Waals surface area contributed by atoms with Crippen LogP contribution in [0.2, 0.25) is 0 Å². The molecule has 0 saturated heterocycles. The Morgan fingerprint density at radius 1 is 1.59 bits per heavy atom. The highest BCUT2D eigenvalue weighted by atomic mass is 16.2. The summed E-state index contributed by atoms with van der Waals surface area (Å²) in [4.78, 5) is 12.4. The summed E-state index contributed by atoms with van der Waals surface area (Å²) in [5, 5.41) is 13.9. The summed E-state index contributed by atoms with van der Waals surface area (Å²) in [5.41, 5.74) is 7.95. The predicted molar refractivity (Wildman–Crippen MR) is 66.9 cm³/mol. The number of carbonyl (C=O) groups excluding carboxylic acids is 1. The normalized spacial score (nSPS) is 13.8. The molecule has 88 valence electrons. The fourth-order valence-corrected chi connectivity index (χ4v) is 1.80. The van der Waals surface area contributed by atoms with Gasteiger partial charge < -0.3 is 10.8 Å². The van der Waals surface area contributed by atoms with Crippen LogP contribution in [-0.2, 0) is 11.2 Å². The van der Waals surface area contributed by atoms with Crippen LogP contribution in [0.25, 0.3) is 0 Å². The van der Waals surface area contributed by atoms with Gasteiger partial charge in [0.15, 0.2) is 0 Å². The van der Waals surface area contributed by atoms with Crippen LogP contribution in [0.4, 0.5) is 0 Å². The van der Waals surface area contributed by atoms with Gasteiger partial charge >= 0.3 is 7.05 Å². The molecule has 0 fully saturated rings. The number of amides is 1. The highest BCUT2D eigenvalue weighted by molar-refractivity contribution is 6.67. The van der Waals surface area contributed by atoms with Crippen molar-refractivity contribution < 1.29 is 9.82 Å². The van der Waals surface area contributed by atoms with Crippen molar-refractivity contribution in [2.45, 2.75) is 13.3 Å². The first-order valence-corrected chi connectivity index (χ1v) is 5.54. The number of benzene rings is 1. The van der Waals surface area contributed by atoms with Crippen LogP contribution in [0.3, 0.4) is 0 Å². The summed E-state index contributed by atoms with van der Waals surface area (Å²) < 4.78 is 0. The van der Waals surface area contributed by atoms with Crippen LogP contribution in [0.15, 0.2) is 23.3 Å². The lowest BCUT2D eigenvalue weighted by atomic mass is 9.69. The number of hydrogen-bond acceptors (Lipinski definition) is 4. The van der Waals surface area contributed by atoms with Crippen molar-refractivity contribution in [3.63, 3.8) is 0 Å².